The molecule has 0 aliphatic rings. The van der Waals surface area contributed by atoms with Crippen molar-refractivity contribution in [3.8, 4) is 0 Å². The van der Waals surface area contributed by atoms with Crippen LogP contribution in [0, 0.1) is 0 Å². The summed E-state index contributed by atoms with van der Waals surface area (Å²) in [5.74, 6) is -1.87. The smallest absolute Gasteiger partial charge is 0.304 e. The highest BCUT2D eigenvalue weighted by molar-refractivity contribution is 5.66. The predicted octanol–water partition coefficient (Wildman–Crippen LogP) is 1.78. The Morgan fingerprint density at radius 2 is 1.74 bits per heavy atom. The number of rotatable bonds is 8. The summed E-state index contributed by atoms with van der Waals surface area (Å²) in [5.41, 5.74) is 0. The maximum absolute atomic E-state index is 11.0. The van der Waals surface area contributed by atoms with Crippen LogP contribution < -0.4 is 0 Å². The van der Waals surface area contributed by atoms with Crippen LogP contribution in [0.4, 0.5) is 0 Å². The van der Waals surface area contributed by atoms with Crippen molar-refractivity contribution >= 4 is 11.9 Å². The molecule has 0 aromatic carbocycles. The molecule has 0 N–H and O–H groups in total. The Hall–Kier alpha value is -1.40. The van der Waals surface area contributed by atoms with Gasteiger partial charge in [-0.2, -0.15) is 0 Å². The molecule has 0 saturated carbocycles. The summed E-state index contributed by atoms with van der Waals surface area (Å²) in [5, 5.41) is 0. The third kappa shape index (κ3) is 8.34. The molecular formula is C13H22O6. The molecule has 19 heavy (non-hydrogen) atoms. The second-order valence-electron chi connectivity index (χ2n) is 4.38. The van der Waals surface area contributed by atoms with Crippen LogP contribution >= 0.6 is 0 Å². The van der Waals surface area contributed by atoms with Gasteiger partial charge in [-0.3, -0.25) is 9.59 Å². The van der Waals surface area contributed by atoms with E-state index in [2.05, 4.69) is 6.58 Å². The summed E-state index contributed by atoms with van der Waals surface area (Å²) in [4.78, 5) is 22.0. The average Bonchev–Trinajstić information content (AvgIpc) is 2.26. The van der Waals surface area contributed by atoms with Crippen molar-refractivity contribution in [1.82, 2.24) is 0 Å². The topological polar surface area (TPSA) is 71.1 Å². The molecule has 2 unspecified atom stereocenters. The zero-order valence-electron chi connectivity index (χ0n) is 12.1. The van der Waals surface area contributed by atoms with Crippen molar-refractivity contribution in [1.29, 1.82) is 0 Å². The van der Waals surface area contributed by atoms with Crippen LogP contribution in [-0.4, -0.2) is 37.2 Å². The Balaban J connectivity index is 4.69. The minimum absolute atomic E-state index is 0.148. The standard InChI is InChI=1S/C13H22O6/c1-7-11(17-9(2)14)8-12(18-10(3)15)19-13(4,5)16-6/h7,11-12H,1,8H2,2-6H3. The normalized spacial score (nSPS) is 14.4. The van der Waals surface area contributed by atoms with E-state index in [-0.39, 0.29) is 6.42 Å². The average molecular weight is 274 g/mol. The highest BCUT2D eigenvalue weighted by Crippen LogP contribution is 2.18. The van der Waals surface area contributed by atoms with Crippen molar-refractivity contribution in [3.05, 3.63) is 12.7 Å². The summed E-state index contributed by atoms with van der Waals surface area (Å²) in [7, 11) is 1.47. The Morgan fingerprint density at radius 1 is 1.21 bits per heavy atom. The van der Waals surface area contributed by atoms with Gasteiger partial charge in [0.15, 0.2) is 5.79 Å². The van der Waals surface area contributed by atoms with Gasteiger partial charge in [-0.15, -0.1) is 0 Å². The Kier molecular flexibility index (Phi) is 7.33. The van der Waals surface area contributed by atoms with Crippen LogP contribution in [0.5, 0.6) is 0 Å². The summed E-state index contributed by atoms with van der Waals surface area (Å²) in [6.07, 6.45) is 0.0977. The van der Waals surface area contributed by atoms with E-state index in [1.807, 2.05) is 0 Å². The number of carbonyl (C=O) groups is 2. The van der Waals surface area contributed by atoms with Crippen LogP contribution in [0.25, 0.3) is 0 Å². The third-order valence-corrected chi connectivity index (χ3v) is 2.21. The Morgan fingerprint density at radius 3 is 2.11 bits per heavy atom. The molecule has 110 valence electrons. The van der Waals surface area contributed by atoms with Gasteiger partial charge in [0.2, 0.25) is 6.29 Å². The zero-order valence-corrected chi connectivity index (χ0v) is 12.1. The van der Waals surface area contributed by atoms with Crippen molar-refractivity contribution in [3.63, 3.8) is 0 Å². The number of carbonyl (C=O) groups excluding carboxylic acids is 2. The van der Waals surface area contributed by atoms with Gasteiger partial charge in [-0.05, 0) is 13.8 Å². The Labute approximate surface area is 113 Å². The maximum atomic E-state index is 11.0. The van der Waals surface area contributed by atoms with Gasteiger partial charge < -0.3 is 18.9 Å². The second kappa shape index (κ2) is 7.91. The first-order chi connectivity index (χ1) is 8.70. The van der Waals surface area contributed by atoms with Crippen LogP contribution in [-0.2, 0) is 28.5 Å². The largest absolute Gasteiger partial charge is 0.458 e. The number of hydrogen-bond acceptors (Lipinski definition) is 6. The lowest BCUT2D eigenvalue weighted by Crippen LogP contribution is -2.37. The summed E-state index contributed by atoms with van der Waals surface area (Å²) < 4.78 is 20.6. The molecule has 0 aliphatic heterocycles. The van der Waals surface area contributed by atoms with Crippen molar-refractivity contribution in [2.45, 2.75) is 52.3 Å². The maximum Gasteiger partial charge on any atom is 0.304 e. The van der Waals surface area contributed by atoms with Gasteiger partial charge in [0.1, 0.15) is 6.10 Å². The molecule has 6 heteroatoms. The fourth-order valence-corrected chi connectivity index (χ4v) is 1.27. The summed E-state index contributed by atoms with van der Waals surface area (Å²) in [6.45, 7) is 9.47. The van der Waals surface area contributed by atoms with E-state index >= 15 is 0 Å². The molecule has 0 amide bonds. The molecule has 0 aromatic rings. The molecule has 0 rings (SSSR count). The van der Waals surface area contributed by atoms with E-state index < -0.39 is 30.1 Å². The quantitative estimate of drug-likeness (QED) is 0.382. The minimum Gasteiger partial charge on any atom is -0.458 e. The molecular weight excluding hydrogens is 252 g/mol. The van der Waals surface area contributed by atoms with Crippen LogP contribution in [0.1, 0.15) is 34.1 Å². The number of methoxy groups -OCH3 is 1. The molecule has 2 atom stereocenters. The first kappa shape index (κ1) is 17.6. The van der Waals surface area contributed by atoms with Crippen molar-refractivity contribution in [2.75, 3.05) is 7.11 Å². The number of ether oxygens (including phenoxy) is 4. The van der Waals surface area contributed by atoms with Gasteiger partial charge in [-0.25, -0.2) is 0 Å². The van der Waals surface area contributed by atoms with Crippen molar-refractivity contribution < 1.29 is 28.5 Å². The fraction of sp³-hybridized carbons (Fsp3) is 0.692. The monoisotopic (exact) mass is 274 g/mol. The van der Waals surface area contributed by atoms with Gasteiger partial charge in [-0.1, -0.05) is 12.7 Å². The SMILES string of the molecule is C=CC(CC(OC(C)=O)OC(C)(C)OC)OC(C)=O. The minimum atomic E-state index is -0.929. The summed E-state index contributed by atoms with van der Waals surface area (Å²) in [6, 6.07) is 0. The van der Waals surface area contributed by atoms with E-state index in [1.54, 1.807) is 13.8 Å². The highest BCUT2D eigenvalue weighted by atomic mass is 16.8. The number of esters is 2. The molecule has 0 aliphatic carbocycles. The van der Waals surface area contributed by atoms with E-state index in [0.717, 1.165) is 0 Å². The highest BCUT2D eigenvalue weighted by Gasteiger charge is 2.27. The van der Waals surface area contributed by atoms with Crippen molar-refractivity contribution in [2.24, 2.45) is 0 Å². The molecule has 0 bridgehead atoms. The van der Waals surface area contributed by atoms with E-state index in [1.165, 1.54) is 27.0 Å². The third-order valence-electron chi connectivity index (χ3n) is 2.21. The molecule has 0 heterocycles. The number of hydrogen-bond donors (Lipinski definition) is 0. The second-order valence-corrected chi connectivity index (χ2v) is 4.38. The van der Waals surface area contributed by atoms with Gasteiger partial charge in [0.05, 0.1) is 6.42 Å². The zero-order chi connectivity index (χ0) is 15.1. The van der Waals surface area contributed by atoms with Gasteiger partial charge in [0.25, 0.3) is 0 Å². The van der Waals surface area contributed by atoms with Gasteiger partial charge >= 0.3 is 11.9 Å². The van der Waals surface area contributed by atoms with Gasteiger partial charge in [0, 0.05) is 21.0 Å². The van der Waals surface area contributed by atoms with Crippen LogP contribution in [0.2, 0.25) is 0 Å². The lowest BCUT2D eigenvalue weighted by molar-refractivity contribution is -0.281. The van der Waals surface area contributed by atoms with Crippen LogP contribution in [0.3, 0.4) is 0 Å². The lowest BCUT2D eigenvalue weighted by atomic mass is 10.2. The van der Waals surface area contributed by atoms with Crippen LogP contribution in [0.15, 0.2) is 12.7 Å². The van der Waals surface area contributed by atoms with E-state index in [9.17, 15) is 9.59 Å². The Bertz CT molecular complexity index is 323. The first-order valence-corrected chi connectivity index (χ1v) is 5.90. The molecule has 0 radical (unpaired) electrons. The first-order valence-electron chi connectivity index (χ1n) is 5.90. The molecule has 0 aromatic heterocycles. The fourth-order valence-electron chi connectivity index (χ4n) is 1.27. The molecule has 0 spiro atoms. The lowest BCUT2D eigenvalue weighted by Gasteiger charge is -2.30. The molecule has 0 saturated heterocycles. The molecule has 6 nitrogen and oxygen atoms in total. The summed E-state index contributed by atoms with van der Waals surface area (Å²) >= 11 is 0. The molecule has 0 fully saturated rings. The van der Waals surface area contributed by atoms with E-state index in [4.69, 9.17) is 18.9 Å². The van der Waals surface area contributed by atoms with E-state index in [0.29, 0.717) is 0 Å². The predicted molar refractivity (Wildman–Crippen MR) is 68.1 cm³/mol.